The molecule has 0 aromatic carbocycles. The van der Waals surface area contributed by atoms with E-state index in [0.29, 0.717) is 11.1 Å². The third-order valence-corrected chi connectivity index (χ3v) is 4.19. The molecule has 0 saturated heterocycles. The fourth-order valence-electron chi connectivity index (χ4n) is 1.94. The lowest BCUT2D eigenvalue weighted by molar-refractivity contribution is 0.431. The Morgan fingerprint density at radius 2 is 2.10 bits per heavy atom. The Bertz CT molecular complexity index is 617. The highest BCUT2D eigenvalue weighted by atomic mass is 32.2. The molecule has 1 aliphatic carbocycles. The van der Waals surface area contributed by atoms with Crippen molar-refractivity contribution >= 4 is 17.6 Å². The molecule has 2 aromatic rings. The fraction of sp³-hybridized carbons (Fsp3) is 0.533. The summed E-state index contributed by atoms with van der Waals surface area (Å²) in [4.78, 5) is 13.7. The van der Waals surface area contributed by atoms with Crippen molar-refractivity contribution < 1.29 is 4.42 Å². The quantitative estimate of drug-likeness (QED) is 0.816. The van der Waals surface area contributed by atoms with E-state index in [9.17, 15) is 0 Å². The molecule has 0 unspecified atom stereocenters. The smallest absolute Gasteiger partial charge is 0.262 e. The van der Waals surface area contributed by atoms with Crippen molar-refractivity contribution in [1.29, 1.82) is 0 Å². The maximum absolute atomic E-state index is 5.63. The Morgan fingerprint density at radius 1 is 1.29 bits per heavy atom. The maximum atomic E-state index is 5.63. The molecule has 6 heteroatoms. The second-order valence-electron chi connectivity index (χ2n) is 5.37. The molecular weight excluding hydrogens is 284 g/mol. The number of nitrogens with zero attached hydrogens (tertiary/aromatic N) is 3. The lowest BCUT2D eigenvalue weighted by Crippen LogP contribution is -2.05. The summed E-state index contributed by atoms with van der Waals surface area (Å²) in [5, 5.41) is 4.89. The number of hydrogen-bond donors (Lipinski definition) is 1. The Balaban J connectivity index is 1.83. The Labute approximate surface area is 129 Å². The second-order valence-corrected chi connectivity index (χ2v) is 6.35. The number of nitrogens with one attached hydrogen (secondary N) is 1. The van der Waals surface area contributed by atoms with E-state index in [1.54, 1.807) is 0 Å². The zero-order valence-corrected chi connectivity index (χ0v) is 13.5. The number of aromatic nitrogens is 3. The van der Waals surface area contributed by atoms with Crippen LogP contribution < -0.4 is 5.32 Å². The summed E-state index contributed by atoms with van der Waals surface area (Å²) in [5.41, 5.74) is 0.929. The van der Waals surface area contributed by atoms with Crippen molar-refractivity contribution in [2.75, 3.05) is 11.9 Å². The van der Waals surface area contributed by atoms with Gasteiger partial charge in [-0.15, -0.1) is 0 Å². The van der Waals surface area contributed by atoms with E-state index in [4.69, 9.17) is 4.42 Å². The summed E-state index contributed by atoms with van der Waals surface area (Å²) < 4.78 is 5.63. The minimum absolute atomic E-state index is 0.528. The molecule has 5 nitrogen and oxygen atoms in total. The minimum Gasteiger partial charge on any atom is -0.436 e. The molecule has 0 aliphatic heterocycles. The number of aryl methyl sites for hydroxylation is 2. The topological polar surface area (TPSA) is 63.8 Å². The van der Waals surface area contributed by atoms with Crippen molar-refractivity contribution in [2.24, 2.45) is 0 Å². The van der Waals surface area contributed by atoms with Gasteiger partial charge in [0.05, 0.1) is 5.69 Å². The number of oxazole rings is 1. The predicted octanol–water partition coefficient (Wildman–Crippen LogP) is 3.93. The number of hydrogen-bond acceptors (Lipinski definition) is 6. The van der Waals surface area contributed by atoms with Gasteiger partial charge < -0.3 is 9.73 Å². The first-order valence-electron chi connectivity index (χ1n) is 7.40. The SMILES string of the molecule is CCCNc1cc(Sc2nc(C)c(C)o2)nc(C2CC2)n1. The van der Waals surface area contributed by atoms with Crippen molar-refractivity contribution in [3.05, 3.63) is 23.3 Å². The summed E-state index contributed by atoms with van der Waals surface area (Å²) in [6, 6.07) is 1.97. The molecule has 21 heavy (non-hydrogen) atoms. The van der Waals surface area contributed by atoms with E-state index in [1.165, 1.54) is 24.6 Å². The first-order chi connectivity index (χ1) is 10.2. The summed E-state index contributed by atoms with van der Waals surface area (Å²) in [5.74, 6) is 3.23. The molecular formula is C15H20N4OS. The van der Waals surface area contributed by atoms with Crippen LogP contribution in [-0.4, -0.2) is 21.5 Å². The molecule has 0 atom stereocenters. The predicted molar refractivity (Wildman–Crippen MR) is 82.9 cm³/mol. The summed E-state index contributed by atoms with van der Waals surface area (Å²) in [6.45, 7) is 6.94. The van der Waals surface area contributed by atoms with Crippen molar-refractivity contribution in [1.82, 2.24) is 15.0 Å². The van der Waals surface area contributed by atoms with Gasteiger partial charge in [0.2, 0.25) is 0 Å². The van der Waals surface area contributed by atoms with E-state index < -0.39 is 0 Å². The van der Waals surface area contributed by atoms with Crippen LogP contribution in [0.3, 0.4) is 0 Å². The highest BCUT2D eigenvalue weighted by Gasteiger charge is 2.27. The molecule has 0 bridgehead atoms. The highest BCUT2D eigenvalue weighted by Crippen LogP contribution is 2.39. The van der Waals surface area contributed by atoms with Crippen LogP contribution in [0.15, 0.2) is 20.7 Å². The van der Waals surface area contributed by atoms with Crippen molar-refractivity contribution in [2.45, 2.75) is 56.2 Å². The van der Waals surface area contributed by atoms with E-state index in [-0.39, 0.29) is 0 Å². The van der Waals surface area contributed by atoms with E-state index >= 15 is 0 Å². The molecule has 3 rings (SSSR count). The van der Waals surface area contributed by atoms with Crippen LogP contribution in [0, 0.1) is 13.8 Å². The van der Waals surface area contributed by atoms with Gasteiger partial charge in [-0.3, -0.25) is 0 Å². The largest absolute Gasteiger partial charge is 0.436 e. The van der Waals surface area contributed by atoms with Crippen LogP contribution in [0.2, 0.25) is 0 Å². The van der Waals surface area contributed by atoms with Crippen LogP contribution in [0.5, 0.6) is 0 Å². The zero-order chi connectivity index (χ0) is 14.8. The van der Waals surface area contributed by atoms with E-state index in [2.05, 4.69) is 27.2 Å². The van der Waals surface area contributed by atoms with Crippen LogP contribution in [0.25, 0.3) is 0 Å². The number of rotatable bonds is 6. The third-order valence-electron chi connectivity index (χ3n) is 3.42. The van der Waals surface area contributed by atoms with Gasteiger partial charge >= 0.3 is 0 Å². The first kappa shape index (κ1) is 14.4. The monoisotopic (exact) mass is 304 g/mol. The van der Waals surface area contributed by atoms with Gasteiger partial charge in [-0.2, -0.15) is 0 Å². The standard InChI is InChI=1S/C15H20N4OS/c1-4-7-16-12-8-13(19-14(18-12)11-5-6-11)21-15-17-9(2)10(3)20-15/h8,11H,4-7H2,1-3H3,(H,16,18,19). The van der Waals surface area contributed by atoms with Gasteiger partial charge in [-0.1, -0.05) is 6.92 Å². The van der Waals surface area contributed by atoms with Crippen LogP contribution in [0.4, 0.5) is 5.82 Å². The summed E-state index contributed by atoms with van der Waals surface area (Å²) in [6.07, 6.45) is 3.46. The third kappa shape index (κ3) is 3.56. The molecule has 1 aliphatic rings. The Kier molecular flexibility index (Phi) is 4.14. The minimum atomic E-state index is 0.528. The zero-order valence-electron chi connectivity index (χ0n) is 12.6. The molecule has 0 radical (unpaired) electrons. The second kappa shape index (κ2) is 6.05. The van der Waals surface area contributed by atoms with Gasteiger partial charge in [0.25, 0.3) is 5.22 Å². The Hall–Kier alpha value is -1.56. The van der Waals surface area contributed by atoms with Gasteiger partial charge in [0.15, 0.2) is 0 Å². The summed E-state index contributed by atoms with van der Waals surface area (Å²) in [7, 11) is 0. The van der Waals surface area contributed by atoms with E-state index in [1.807, 2.05) is 19.9 Å². The molecule has 1 N–H and O–H groups in total. The maximum Gasteiger partial charge on any atom is 0.262 e. The molecule has 2 heterocycles. The average molecular weight is 304 g/mol. The number of anilines is 1. The first-order valence-corrected chi connectivity index (χ1v) is 8.22. The molecule has 2 aromatic heterocycles. The van der Waals surface area contributed by atoms with Crippen molar-refractivity contribution in [3.8, 4) is 0 Å². The molecule has 1 fully saturated rings. The van der Waals surface area contributed by atoms with Crippen LogP contribution in [0.1, 0.15) is 49.4 Å². The van der Waals surface area contributed by atoms with Gasteiger partial charge in [0, 0.05) is 18.5 Å². The summed E-state index contributed by atoms with van der Waals surface area (Å²) >= 11 is 1.46. The van der Waals surface area contributed by atoms with Crippen molar-refractivity contribution in [3.63, 3.8) is 0 Å². The average Bonchev–Trinajstić information content (AvgIpc) is 3.24. The normalized spacial score (nSPS) is 14.4. The van der Waals surface area contributed by atoms with E-state index in [0.717, 1.165) is 41.1 Å². The highest BCUT2D eigenvalue weighted by molar-refractivity contribution is 7.99. The molecule has 0 amide bonds. The van der Waals surface area contributed by atoms with Crippen LogP contribution in [-0.2, 0) is 0 Å². The molecule has 0 spiro atoms. The fourth-order valence-corrected chi connectivity index (χ4v) is 2.78. The van der Waals surface area contributed by atoms with Gasteiger partial charge in [0.1, 0.15) is 22.4 Å². The molecule has 112 valence electrons. The molecule has 1 saturated carbocycles. The van der Waals surface area contributed by atoms with Gasteiger partial charge in [-0.05, 0) is 44.9 Å². The Morgan fingerprint density at radius 3 is 2.71 bits per heavy atom. The lowest BCUT2D eigenvalue weighted by Gasteiger charge is -2.07. The van der Waals surface area contributed by atoms with Gasteiger partial charge in [-0.25, -0.2) is 15.0 Å². The lowest BCUT2D eigenvalue weighted by atomic mass is 10.4. The van der Waals surface area contributed by atoms with Crippen LogP contribution >= 0.6 is 11.8 Å².